The molecule has 0 bridgehead atoms. The topological polar surface area (TPSA) is 108 Å². The van der Waals surface area contributed by atoms with Gasteiger partial charge in [0.25, 0.3) is 0 Å². The third-order valence-corrected chi connectivity index (χ3v) is 12.8. The van der Waals surface area contributed by atoms with Crippen molar-refractivity contribution in [2.24, 2.45) is 0 Å². The van der Waals surface area contributed by atoms with Gasteiger partial charge in [0.05, 0.1) is 27.7 Å². The van der Waals surface area contributed by atoms with Crippen molar-refractivity contribution in [2.45, 2.75) is 264 Å². The number of carbonyl (C=O) groups is 2. The largest absolute Gasteiger partial charge is 0.472 e. The maximum atomic E-state index is 12.7. The number of ether oxygens (including phenoxy) is 2. The fourth-order valence-electron chi connectivity index (χ4n) is 7.66. The summed E-state index contributed by atoms with van der Waals surface area (Å²) in [6.07, 6.45) is 49.9. The van der Waals surface area contributed by atoms with Crippen molar-refractivity contribution in [2.75, 3.05) is 47.5 Å². The van der Waals surface area contributed by atoms with E-state index in [1.807, 2.05) is 21.1 Å². The number of esters is 2. The second-order valence-electron chi connectivity index (χ2n) is 19.3. The Labute approximate surface area is 384 Å². The molecule has 0 aromatic carbocycles. The van der Waals surface area contributed by atoms with Crippen LogP contribution in [0.2, 0.25) is 0 Å². The first kappa shape index (κ1) is 60.8. The van der Waals surface area contributed by atoms with Crippen LogP contribution < -0.4 is 0 Å². The second-order valence-corrected chi connectivity index (χ2v) is 20.7. The van der Waals surface area contributed by atoms with E-state index in [2.05, 4.69) is 26.0 Å². The molecule has 0 radical (unpaired) electrons. The van der Waals surface area contributed by atoms with Crippen LogP contribution in [0.5, 0.6) is 0 Å². The summed E-state index contributed by atoms with van der Waals surface area (Å²) in [5.41, 5.74) is 0. The van der Waals surface area contributed by atoms with E-state index in [-0.39, 0.29) is 25.6 Å². The Morgan fingerprint density at radius 1 is 0.484 bits per heavy atom. The van der Waals surface area contributed by atoms with Gasteiger partial charge in [-0.25, -0.2) is 4.57 Å². The van der Waals surface area contributed by atoms with E-state index < -0.39 is 26.5 Å². The van der Waals surface area contributed by atoms with Crippen molar-refractivity contribution in [1.82, 2.24) is 0 Å². The minimum atomic E-state index is -4.37. The fourth-order valence-corrected chi connectivity index (χ4v) is 8.40. The van der Waals surface area contributed by atoms with Crippen LogP contribution in [0.25, 0.3) is 0 Å². The van der Waals surface area contributed by atoms with Gasteiger partial charge >= 0.3 is 19.8 Å². The molecule has 0 aliphatic heterocycles. The van der Waals surface area contributed by atoms with E-state index in [1.165, 1.54) is 193 Å². The van der Waals surface area contributed by atoms with Crippen molar-refractivity contribution in [1.29, 1.82) is 0 Å². The Hall–Kier alpha value is -1.25. The Kier molecular flexibility index (Phi) is 44.0. The monoisotopic (exact) mass is 901 g/mol. The minimum absolute atomic E-state index is 0.0356. The molecule has 1 N–H and O–H groups in total. The highest BCUT2D eigenvalue weighted by molar-refractivity contribution is 7.47. The van der Waals surface area contributed by atoms with E-state index in [0.717, 1.165) is 32.1 Å². The van der Waals surface area contributed by atoms with E-state index in [1.54, 1.807) is 0 Å². The van der Waals surface area contributed by atoms with Gasteiger partial charge in [-0.1, -0.05) is 219 Å². The third-order valence-electron chi connectivity index (χ3n) is 11.8. The summed E-state index contributed by atoms with van der Waals surface area (Å²) in [6, 6.07) is 0. The van der Waals surface area contributed by atoms with Crippen LogP contribution in [-0.2, 0) is 32.7 Å². The first-order chi connectivity index (χ1) is 30.0. The smallest absolute Gasteiger partial charge is 0.462 e. The quantitative estimate of drug-likeness (QED) is 0.0211. The van der Waals surface area contributed by atoms with Crippen LogP contribution in [-0.4, -0.2) is 74.9 Å². The van der Waals surface area contributed by atoms with Crippen LogP contribution in [0.4, 0.5) is 0 Å². The van der Waals surface area contributed by atoms with E-state index in [4.69, 9.17) is 18.5 Å². The van der Waals surface area contributed by atoms with Gasteiger partial charge in [0, 0.05) is 12.8 Å². The molecule has 0 spiro atoms. The first-order valence-corrected chi connectivity index (χ1v) is 27.9. The number of nitrogens with zero attached hydrogens (tertiary/aromatic N) is 1. The number of carbonyl (C=O) groups excluding carboxylic acids is 2. The number of quaternary nitrogens is 1. The van der Waals surface area contributed by atoms with Gasteiger partial charge in [-0.2, -0.15) is 0 Å². The van der Waals surface area contributed by atoms with Gasteiger partial charge in [-0.05, 0) is 38.5 Å². The molecule has 0 saturated heterocycles. The summed E-state index contributed by atoms with van der Waals surface area (Å²) in [5, 5.41) is 0. The molecule has 0 aliphatic rings. The maximum Gasteiger partial charge on any atom is 0.472 e. The van der Waals surface area contributed by atoms with Crippen LogP contribution in [0.15, 0.2) is 12.2 Å². The number of hydrogen-bond donors (Lipinski definition) is 1. The zero-order valence-corrected chi connectivity index (χ0v) is 42.5. The zero-order chi connectivity index (χ0) is 45.7. The molecule has 0 rings (SSSR count). The van der Waals surface area contributed by atoms with E-state index in [0.29, 0.717) is 23.9 Å². The minimum Gasteiger partial charge on any atom is -0.462 e. The number of rotatable bonds is 49. The summed E-state index contributed by atoms with van der Waals surface area (Å²) in [6.45, 7) is 4.46. The average Bonchev–Trinajstić information content (AvgIpc) is 3.23. The molecule has 0 fully saturated rings. The lowest BCUT2D eigenvalue weighted by molar-refractivity contribution is -0.870. The molecule has 2 atom stereocenters. The normalized spacial score (nSPS) is 13.5. The molecule has 0 heterocycles. The lowest BCUT2D eigenvalue weighted by Crippen LogP contribution is -2.37. The molecule has 0 aromatic rings. The highest BCUT2D eigenvalue weighted by Crippen LogP contribution is 2.43. The number of phosphoric acid groups is 1. The Morgan fingerprint density at radius 2 is 0.823 bits per heavy atom. The summed E-state index contributed by atoms with van der Waals surface area (Å²) < 4.78 is 34.4. The molecule has 0 amide bonds. The summed E-state index contributed by atoms with van der Waals surface area (Å²) in [7, 11) is 1.49. The standard InChI is InChI=1S/C52H102NO8P/c1-6-8-10-12-14-16-18-19-20-21-22-23-24-25-26-27-28-29-30-31-32-33-35-37-39-41-43-45-52(55)61-50(49-60-62(56,57)59-47-46-53(3,4)5)48-58-51(54)44-42-40-38-36-34-17-15-13-11-9-7-2/h21-22,50H,6-20,23-49H2,1-5H3/p+1/b22-21-. The molecular weight excluding hydrogens is 798 g/mol. The number of hydrogen-bond acceptors (Lipinski definition) is 7. The van der Waals surface area contributed by atoms with Crippen molar-refractivity contribution >= 4 is 19.8 Å². The number of allylic oxidation sites excluding steroid dienone is 2. The highest BCUT2D eigenvalue weighted by atomic mass is 31.2. The molecule has 2 unspecified atom stereocenters. The zero-order valence-electron chi connectivity index (χ0n) is 41.6. The Morgan fingerprint density at radius 3 is 1.19 bits per heavy atom. The van der Waals surface area contributed by atoms with Gasteiger partial charge in [-0.15, -0.1) is 0 Å². The van der Waals surface area contributed by atoms with Crippen LogP contribution in [0.3, 0.4) is 0 Å². The van der Waals surface area contributed by atoms with Crippen molar-refractivity contribution in [3.8, 4) is 0 Å². The fraction of sp³-hybridized carbons (Fsp3) is 0.923. The van der Waals surface area contributed by atoms with Crippen molar-refractivity contribution < 1.29 is 42.1 Å². The van der Waals surface area contributed by atoms with Crippen LogP contribution in [0.1, 0.15) is 258 Å². The SMILES string of the molecule is CCCCCCCCCC/C=C\CCCCCCCCCCCCCCCCCC(=O)OC(COC(=O)CCCCCCCCCCCCC)COP(=O)(O)OCC[N+](C)(C)C. The molecule has 62 heavy (non-hydrogen) atoms. The third kappa shape index (κ3) is 48.2. The summed E-state index contributed by atoms with van der Waals surface area (Å²) in [5.74, 6) is -0.785. The van der Waals surface area contributed by atoms with E-state index in [9.17, 15) is 19.0 Å². The Balaban J connectivity index is 4.07. The molecular formula is C52H103NO8P+. The summed E-state index contributed by atoms with van der Waals surface area (Å²) >= 11 is 0. The van der Waals surface area contributed by atoms with Gasteiger partial charge in [0.15, 0.2) is 6.10 Å². The summed E-state index contributed by atoms with van der Waals surface area (Å²) in [4.78, 5) is 35.5. The molecule has 9 nitrogen and oxygen atoms in total. The predicted octanol–water partition coefficient (Wildman–Crippen LogP) is 15.7. The number of likely N-dealkylation sites (N-methyl/N-ethyl adjacent to an activating group) is 1. The van der Waals surface area contributed by atoms with Gasteiger partial charge in [0.2, 0.25) is 0 Å². The van der Waals surface area contributed by atoms with Gasteiger partial charge in [-0.3, -0.25) is 18.6 Å². The predicted molar refractivity (Wildman–Crippen MR) is 261 cm³/mol. The lowest BCUT2D eigenvalue weighted by atomic mass is 10.0. The average molecular weight is 901 g/mol. The van der Waals surface area contributed by atoms with Gasteiger partial charge in [0.1, 0.15) is 19.8 Å². The number of unbranched alkanes of at least 4 members (excludes halogenated alkanes) is 33. The van der Waals surface area contributed by atoms with Crippen LogP contribution >= 0.6 is 7.82 Å². The van der Waals surface area contributed by atoms with Crippen molar-refractivity contribution in [3.63, 3.8) is 0 Å². The first-order valence-electron chi connectivity index (χ1n) is 26.4. The van der Waals surface area contributed by atoms with E-state index >= 15 is 0 Å². The molecule has 0 aromatic heterocycles. The van der Waals surface area contributed by atoms with Crippen LogP contribution in [0, 0.1) is 0 Å². The molecule has 0 saturated carbocycles. The highest BCUT2D eigenvalue weighted by Gasteiger charge is 2.27. The van der Waals surface area contributed by atoms with Gasteiger partial charge < -0.3 is 18.9 Å². The molecule has 0 aliphatic carbocycles. The van der Waals surface area contributed by atoms with Crippen molar-refractivity contribution in [3.05, 3.63) is 12.2 Å². The number of phosphoric ester groups is 1. The maximum absolute atomic E-state index is 12.7. The molecule has 10 heteroatoms. The second kappa shape index (κ2) is 44.9. The lowest BCUT2D eigenvalue weighted by Gasteiger charge is -2.24. The Bertz CT molecular complexity index is 1060. The molecule has 368 valence electrons.